The summed E-state index contributed by atoms with van der Waals surface area (Å²) in [6.07, 6.45) is 2.27. The van der Waals surface area contributed by atoms with E-state index in [0.717, 1.165) is 24.1 Å². The summed E-state index contributed by atoms with van der Waals surface area (Å²) in [6, 6.07) is 11.0. The van der Waals surface area contributed by atoms with Gasteiger partial charge >= 0.3 is 0 Å². The standard InChI is InChI=1S/C10H14Cl2Si/c1-2-3-9-13(11,12)10-7-5-4-6-8-10/h4-8H,2-3,9H2,1H3. The summed E-state index contributed by atoms with van der Waals surface area (Å²) in [4.78, 5) is 0. The van der Waals surface area contributed by atoms with E-state index in [-0.39, 0.29) is 0 Å². The lowest BCUT2D eigenvalue weighted by molar-refractivity contribution is 0.878. The molecule has 0 nitrogen and oxygen atoms in total. The van der Waals surface area contributed by atoms with Crippen LogP contribution < -0.4 is 5.19 Å². The highest BCUT2D eigenvalue weighted by Crippen LogP contribution is 2.22. The highest BCUT2D eigenvalue weighted by atomic mass is 35.7. The Bertz CT molecular complexity index is 246. The van der Waals surface area contributed by atoms with Crippen LogP contribution >= 0.6 is 22.2 Å². The van der Waals surface area contributed by atoms with E-state index in [2.05, 4.69) is 6.92 Å². The van der Waals surface area contributed by atoms with Crippen LogP contribution in [-0.2, 0) is 0 Å². The van der Waals surface area contributed by atoms with Crippen molar-refractivity contribution in [3.63, 3.8) is 0 Å². The zero-order chi connectivity index (χ0) is 9.73. The van der Waals surface area contributed by atoms with Gasteiger partial charge in [-0.1, -0.05) is 50.1 Å². The Balaban J connectivity index is 2.69. The number of rotatable bonds is 4. The Morgan fingerprint density at radius 2 is 1.77 bits per heavy atom. The summed E-state index contributed by atoms with van der Waals surface area (Å²) < 4.78 is 0. The maximum absolute atomic E-state index is 6.34. The van der Waals surface area contributed by atoms with Crippen LogP contribution in [0.5, 0.6) is 0 Å². The first-order valence-electron chi connectivity index (χ1n) is 4.60. The van der Waals surface area contributed by atoms with E-state index in [4.69, 9.17) is 22.2 Å². The first-order valence-corrected chi connectivity index (χ1v) is 8.83. The second-order valence-electron chi connectivity index (χ2n) is 3.17. The summed E-state index contributed by atoms with van der Waals surface area (Å²) in [5, 5.41) is 1.13. The Hall–Kier alpha value is 0.0169. The molecule has 0 aliphatic carbocycles. The first-order chi connectivity index (χ1) is 6.17. The minimum Gasteiger partial charge on any atom is -0.140 e. The molecule has 0 aliphatic heterocycles. The van der Waals surface area contributed by atoms with E-state index >= 15 is 0 Å². The molecule has 0 aromatic heterocycles. The van der Waals surface area contributed by atoms with Crippen LogP contribution in [0.4, 0.5) is 0 Å². The van der Waals surface area contributed by atoms with Crippen LogP contribution in [0.15, 0.2) is 30.3 Å². The molecule has 0 spiro atoms. The van der Waals surface area contributed by atoms with Crippen LogP contribution in [0.3, 0.4) is 0 Å². The molecule has 72 valence electrons. The summed E-state index contributed by atoms with van der Waals surface area (Å²) in [7, 11) is 0. The molecule has 0 bridgehead atoms. The molecule has 0 N–H and O–H groups in total. The zero-order valence-electron chi connectivity index (χ0n) is 7.76. The van der Waals surface area contributed by atoms with Gasteiger partial charge in [-0.05, 0) is 11.2 Å². The van der Waals surface area contributed by atoms with Crippen molar-refractivity contribution in [1.29, 1.82) is 0 Å². The molecule has 0 amide bonds. The maximum Gasteiger partial charge on any atom is 0.280 e. The van der Waals surface area contributed by atoms with Crippen molar-refractivity contribution in [3.05, 3.63) is 30.3 Å². The molecule has 13 heavy (non-hydrogen) atoms. The molecule has 0 radical (unpaired) electrons. The SMILES string of the molecule is CCCC[Si](Cl)(Cl)c1ccccc1. The van der Waals surface area contributed by atoms with E-state index in [1.165, 1.54) is 0 Å². The number of hydrogen-bond donors (Lipinski definition) is 0. The van der Waals surface area contributed by atoms with Crippen molar-refractivity contribution in [2.24, 2.45) is 0 Å². The Morgan fingerprint density at radius 1 is 1.15 bits per heavy atom. The normalized spacial score (nSPS) is 11.6. The smallest absolute Gasteiger partial charge is 0.140 e. The Kier molecular flexibility index (Phi) is 4.30. The van der Waals surface area contributed by atoms with Gasteiger partial charge in [0.15, 0.2) is 0 Å². The van der Waals surface area contributed by atoms with E-state index in [9.17, 15) is 0 Å². The third-order valence-electron chi connectivity index (χ3n) is 2.04. The monoisotopic (exact) mass is 232 g/mol. The zero-order valence-corrected chi connectivity index (χ0v) is 10.3. The van der Waals surface area contributed by atoms with Crippen LogP contribution in [0.25, 0.3) is 0 Å². The van der Waals surface area contributed by atoms with Gasteiger partial charge < -0.3 is 0 Å². The van der Waals surface area contributed by atoms with Gasteiger partial charge in [0.05, 0.1) is 0 Å². The molecule has 1 aromatic rings. The minimum atomic E-state index is -2.16. The highest BCUT2D eigenvalue weighted by Gasteiger charge is 2.29. The number of hydrogen-bond acceptors (Lipinski definition) is 0. The molecule has 0 saturated carbocycles. The first kappa shape index (κ1) is 11.1. The van der Waals surface area contributed by atoms with Crippen LogP contribution in [0, 0.1) is 0 Å². The summed E-state index contributed by atoms with van der Waals surface area (Å²) in [5.74, 6) is 0. The van der Waals surface area contributed by atoms with Gasteiger partial charge in [-0.15, -0.1) is 22.2 Å². The fraction of sp³-hybridized carbons (Fsp3) is 0.400. The van der Waals surface area contributed by atoms with E-state index in [0.29, 0.717) is 0 Å². The number of halogens is 2. The summed E-state index contributed by atoms with van der Waals surface area (Å²) >= 11 is 12.7. The average Bonchev–Trinajstić information content (AvgIpc) is 2.16. The molecule has 0 atom stereocenters. The van der Waals surface area contributed by atoms with Gasteiger partial charge in [-0.25, -0.2) is 0 Å². The quantitative estimate of drug-likeness (QED) is 0.550. The topological polar surface area (TPSA) is 0 Å². The fourth-order valence-electron chi connectivity index (χ4n) is 1.23. The second-order valence-corrected chi connectivity index (χ2v) is 10.1. The van der Waals surface area contributed by atoms with E-state index < -0.39 is 6.69 Å². The fourth-order valence-corrected chi connectivity index (χ4v) is 4.55. The summed E-state index contributed by atoms with van der Waals surface area (Å²) in [6.45, 7) is 0.0000540. The van der Waals surface area contributed by atoms with Crippen molar-refractivity contribution in [1.82, 2.24) is 0 Å². The number of benzene rings is 1. The third kappa shape index (κ3) is 3.33. The van der Waals surface area contributed by atoms with Crippen molar-refractivity contribution in [3.8, 4) is 0 Å². The third-order valence-corrected chi connectivity index (χ3v) is 6.64. The van der Waals surface area contributed by atoms with Gasteiger partial charge in [0, 0.05) is 0 Å². The molecule has 0 aliphatic rings. The highest BCUT2D eigenvalue weighted by molar-refractivity contribution is 7.50. The van der Waals surface area contributed by atoms with Crippen molar-refractivity contribution in [2.45, 2.75) is 25.8 Å². The van der Waals surface area contributed by atoms with Gasteiger partial charge in [-0.2, -0.15) is 0 Å². The largest absolute Gasteiger partial charge is 0.280 e. The molecule has 0 heterocycles. The Labute approximate surface area is 90.3 Å². The second kappa shape index (κ2) is 5.04. The van der Waals surface area contributed by atoms with Crippen LogP contribution in [0.2, 0.25) is 6.04 Å². The van der Waals surface area contributed by atoms with Crippen molar-refractivity contribution in [2.75, 3.05) is 0 Å². The molecule has 1 aromatic carbocycles. The lowest BCUT2D eigenvalue weighted by atomic mass is 10.4. The van der Waals surface area contributed by atoms with Gasteiger partial charge in [0.1, 0.15) is 0 Å². The average molecular weight is 233 g/mol. The minimum absolute atomic E-state index is 0.955. The molecule has 3 heteroatoms. The predicted octanol–water partition coefficient (Wildman–Crippen LogP) is 3.61. The van der Waals surface area contributed by atoms with Gasteiger partial charge in [-0.3, -0.25) is 0 Å². The van der Waals surface area contributed by atoms with E-state index in [1.807, 2.05) is 30.3 Å². The van der Waals surface area contributed by atoms with E-state index in [1.54, 1.807) is 0 Å². The molecular weight excluding hydrogens is 219 g/mol. The van der Waals surface area contributed by atoms with Gasteiger partial charge in [0.2, 0.25) is 0 Å². The molecule has 0 saturated heterocycles. The molecule has 1 rings (SSSR count). The van der Waals surface area contributed by atoms with Crippen molar-refractivity contribution < 1.29 is 0 Å². The Morgan fingerprint density at radius 3 is 2.31 bits per heavy atom. The molecular formula is C10H14Cl2Si. The van der Waals surface area contributed by atoms with Gasteiger partial charge in [0.25, 0.3) is 6.69 Å². The molecule has 0 fully saturated rings. The lowest BCUT2D eigenvalue weighted by Crippen LogP contribution is -2.35. The van der Waals surface area contributed by atoms with Crippen molar-refractivity contribution >= 4 is 34.0 Å². The van der Waals surface area contributed by atoms with Crippen LogP contribution in [0.1, 0.15) is 19.8 Å². The predicted molar refractivity (Wildman–Crippen MR) is 63.3 cm³/mol. The van der Waals surface area contributed by atoms with Crippen LogP contribution in [-0.4, -0.2) is 6.69 Å². The number of unbranched alkanes of at least 4 members (excludes halogenated alkanes) is 1. The lowest BCUT2D eigenvalue weighted by Gasteiger charge is -2.16. The maximum atomic E-state index is 6.34. The summed E-state index contributed by atoms with van der Waals surface area (Å²) in [5.41, 5.74) is 0. The molecule has 0 unspecified atom stereocenters.